The summed E-state index contributed by atoms with van der Waals surface area (Å²) < 4.78 is 2.38. The maximum atomic E-state index is 4.74. The van der Waals surface area contributed by atoms with Crippen LogP contribution in [0.3, 0.4) is 0 Å². The van der Waals surface area contributed by atoms with E-state index in [9.17, 15) is 0 Å². The molecule has 0 saturated carbocycles. The van der Waals surface area contributed by atoms with Gasteiger partial charge in [0.2, 0.25) is 0 Å². The number of fused-ring (bicyclic) bond motifs is 1. The summed E-state index contributed by atoms with van der Waals surface area (Å²) in [6.07, 6.45) is 13.7. The van der Waals surface area contributed by atoms with Crippen molar-refractivity contribution in [3.8, 4) is 0 Å². The molecule has 1 aromatic carbocycles. The Balaban J connectivity index is 1.83. The maximum Gasteiger partial charge on any atom is 0.113 e. The molecule has 0 atom stereocenters. The van der Waals surface area contributed by atoms with E-state index in [0.29, 0.717) is 0 Å². The van der Waals surface area contributed by atoms with Crippen LogP contribution in [-0.4, -0.2) is 9.55 Å². The fourth-order valence-corrected chi connectivity index (χ4v) is 3.06. The predicted molar refractivity (Wildman–Crippen MR) is 96.2 cm³/mol. The van der Waals surface area contributed by atoms with E-state index < -0.39 is 0 Å². The van der Waals surface area contributed by atoms with Gasteiger partial charge in [-0.05, 0) is 18.6 Å². The maximum absolute atomic E-state index is 4.74. The van der Waals surface area contributed by atoms with E-state index in [1.54, 1.807) is 0 Å². The van der Waals surface area contributed by atoms with Gasteiger partial charge in [-0.3, -0.25) is 0 Å². The van der Waals surface area contributed by atoms with Crippen LogP contribution in [0.15, 0.2) is 36.9 Å². The number of para-hydroxylation sites is 2. The zero-order valence-electron chi connectivity index (χ0n) is 14.1. The van der Waals surface area contributed by atoms with Crippen LogP contribution in [0.4, 0.5) is 0 Å². The van der Waals surface area contributed by atoms with Crippen molar-refractivity contribution in [2.45, 2.75) is 71.3 Å². The molecule has 0 amide bonds. The Morgan fingerprint density at radius 1 is 1.00 bits per heavy atom. The lowest BCUT2D eigenvalue weighted by atomic mass is 10.1. The molecule has 0 N–H and O–H groups in total. The van der Waals surface area contributed by atoms with Crippen LogP contribution in [0.25, 0.3) is 11.0 Å². The Morgan fingerprint density at radius 3 is 2.41 bits per heavy atom. The van der Waals surface area contributed by atoms with Crippen molar-refractivity contribution in [3.05, 3.63) is 42.7 Å². The molecule has 0 aliphatic rings. The van der Waals surface area contributed by atoms with Crippen molar-refractivity contribution in [3.63, 3.8) is 0 Å². The molecule has 2 aromatic rings. The third-order valence-corrected chi connectivity index (χ3v) is 4.30. The van der Waals surface area contributed by atoms with Gasteiger partial charge in [0, 0.05) is 13.0 Å². The first kappa shape index (κ1) is 16.8. The first-order chi connectivity index (χ1) is 10.9. The number of allylic oxidation sites excluding steroid dienone is 1. The number of hydrogen-bond donors (Lipinski definition) is 0. The first-order valence-electron chi connectivity index (χ1n) is 8.92. The van der Waals surface area contributed by atoms with E-state index >= 15 is 0 Å². The number of unbranched alkanes of at least 4 members (excludes halogenated alkanes) is 7. The van der Waals surface area contributed by atoms with Crippen molar-refractivity contribution < 1.29 is 0 Å². The normalized spacial score (nSPS) is 11.1. The van der Waals surface area contributed by atoms with Crippen LogP contribution in [0.1, 0.15) is 64.1 Å². The Morgan fingerprint density at radius 2 is 1.68 bits per heavy atom. The quantitative estimate of drug-likeness (QED) is 0.373. The van der Waals surface area contributed by atoms with Crippen LogP contribution in [0, 0.1) is 0 Å². The first-order valence-corrected chi connectivity index (χ1v) is 8.92. The van der Waals surface area contributed by atoms with Crippen LogP contribution in [0.2, 0.25) is 0 Å². The molecule has 2 nitrogen and oxygen atoms in total. The summed E-state index contributed by atoms with van der Waals surface area (Å²) in [5, 5.41) is 0. The summed E-state index contributed by atoms with van der Waals surface area (Å²) in [6, 6.07) is 8.45. The monoisotopic (exact) mass is 298 g/mol. The highest BCUT2D eigenvalue weighted by Crippen LogP contribution is 2.18. The lowest BCUT2D eigenvalue weighted by Crippen LogP contribution is -2.03. The molecule has 0 fully saturated rings. The van der Waals surface area contributed by atoms with Gasteiger partial charge < -0.3 is 4.57 Å². The molecule has 2 heteroatoms. The second-order valence-electron chi connectivity index (χ2n) is 6.14. The highest BCUT2D eigenvalue weighted by Gasteiger charge is 2.08. The van der Waals surface area contributed by atoms with E-state index in [2.05, 4.69) is 42.3 Å². The van der Waals surface area contributed by atoms with E-state index in [4.69, 9.17) is 4.98 Å². The van der Waals surface area contributed by atoms with Gasteiger partial charge in [0.15, 0.2) is 0 Å². The van der Waals surface area contributed by atoms with Gasteiger partial charge in [0.05, 0.1) is 11.0 Å². The highest BCUT2D eigenvalue weighted by molar-refractivity contribution is 5.75. The van der Waals surface area contributed by atoms with Crippen molar-refractivity contribution in [1.82, 2.24) is 9.55 Å². The van der Waals surface area contributed by atoms with Gasteiger partial charge >= 0.3 is 0 Å². The van der Waals surface area contributed by atoms with Gasteiger partial charge in [0.1, 0.15) is 5.82 Å². The van der Waals surface area contributed by atoms with Crippen molar-refractivity contribution >= 4 is 11.0 Å². The average Bonchev–Trinajstić information content (AvgIpc) is 2.88. The highest BCUT2D eigenvalue weighted by atomic mass is 15.1. The predicted octanol–water partition coefficient (Wildman–Crippen LogP) is 5.91. The smallest absolute Gasteiger partial charge is 0.113 e. The largest absolute Gasteiger partial charge is 0.328 e. The Labute approximate surface area is 135 Å². The van der Waals surface area contributed by atoms with Crippen LogP contribution < -0.4 is 0 Å². The zero-order chi connectivity index (χ0) is 15.6. The molecule has 0 unspecified atom stereocenters. The summed E-state index contributed by atoms with van der Waals surface area (Å²) in [6.45, 7) is 7.22. The SMILES string of the molecule is C=CCc1nc2ccccc2n1CCCCCCCCCC. The zero-order valence-corrected chi connectivity index (χ0v) is 14.1. The fourth-order valence-electron chi connectivity index (χ4n) is 3.06. The summed E-state index contributed by atoms with van der Waals surface area (Å²) in [4.78, 5) is 4.74. The van der Waals surface area contributed by atoms with E-state index in [1.807, 2.05) is 6.08 Å². The molecule has 1 heterocycles. The number of rotatable bonds is 11. The van der Waals surface area contributed by atoms with Gasteiger partial charge in [0.25, 0.3) is 0 Å². The van der Waals surface area contributed by atoms with Gasteiger partial charge in [-0.1, -0.05) is 70.1 Å². The minimum Gasteiger partial charge on any atom is -0.328 e. The molecule has 2 rings (SSSR count). The third kappa shape index (κ3) is 4.72. The molecule has 0 aliphatic heterocycles. The van der Waals surface area contributed by atoms with Crippen molar-refractivity contribution in [1.29, 1.82) is 0 Å². The van der Waals surface area contributed by atoms with Gasteiger partial charge in [-0.2, -0.15) is 0 Å². The van der Waals surface area contributed by atoms with Crippen LogP contribution in [-0.2, 0) is 13.0 Å². The molecule has 22 heavy (non-hydrogen) atoms. The van der Waals surface area contributed by atoms with E-state index in [1.165, 1.54) is 56.9 Å². The molecular weight excluding hydrogens is 268 g/mol. The van der Waals surface area contributed by atoms with Crippen LogP contribution >= 0.6 is 0 Å². The number of aryl methyl sites for hydroxylation is 1. The molecule has 0 bridgehead atoms. The molecule has 0 aliphatic carbocycles. The fraction of sp³-hybridized carbons (Fsp3) is 0.550. The molecule has 0 saturated heterocycles. The lowest BCUT2D eigenvalue weighted by Gasteiger charge is -2.08. The average molecular weight is 298 g/mol. The molecule has 0 spiro atoms. The lowest BCUT2D eigenvalue weighted by molar-refractivity contribution is 0.542. The minimum atomic E-state index is 0.853. The summed E-state index contributed by atoms with van der Waals surface area (Å²) >= 11 is 0. The number of nitrogens with zero attached hydrogens (tertiary/aromatic N) is 2. The van der Waals surface area contributed by atoms with Gasteiger partial charge in [-0.15, -0.1) is 6.58 Å². The van der Waals surface area contributed by atoms with E-state index in [0.717, 1.165) is 24.3 Å². The van der Waals surface area contributed by atoms with Gasteiger partial charge in [-0.25, -0.2) is 4.98 Å². The van der Waals surface area contributed by atoms with E-state index in [-0.39, 0.29) is 0 Å². The number of aromatic nitrogens is 2. The Hall–Kier alpha value is -1.57. The standard InChI is InChI=1S/C20H30N2/c1-3-5-6-7-8-9-10-13-17-22-19-16-12-11-15-18(19)21-20(22)14-4-2/h4,11-12,15-16H,2-3,5-10,13-14,17H2,1H3. The summed E-state index contributed by atoms with van der Waals surface area (Å²) in [5.41, 5.74) is 2.38. The van der Waals surface area contributed by atoms with Crippen LogP contribution in [0.5, 0.6) is 0 Å². The summed E-state index contributed by atoms with van der Waals surface area (Å²) in [7, 11) is 0. The molecule has 0 radical (unpaired) electrons. The molecular formula is C20H30N2. The Kier molecular flexibility index (Phi) is 7.21. The number of imidazole rings is 1. The molecule has 1 aromatic heterocycles. The number of hydrogen-bond acceptors (Lipinski definition) is 1. The van der Waals surface area contributed by atoms with Crippen molar-refractivity contribution in [2.75, 3.05) is 0 Å². The minimum absolute atomic E-state index is 0.853. The Bertz CT molecular complexity index is 568. The summed E-state index contributed by atoms with van der Waals surface area (Å²) in [5.74, 6) is 1.15. The second-order valence-corrected chi connectivity index (χ2v) is 6.14. The third-order valence-electron chi connectivity index (χ3n) is 4.30. The van der Waals surface area contributed by atoms with Crippen molar-refractivity contribution in [2.24, 2.45) is 0 Å². The number of benzene rings is 1. The second kappa shape index (κ2) is 9.45. The molecule has 120 valence electrons. The topological polar surface area (TPSA) is 17.8 Å².